The molecule has 8 heteroatoms. The quantitative estimate of drug-likeness (QED) is 0.262. The van der Waals surface area contributed by atoms with Crippen molar-refractivity contribution >= 4 is 39.8 Å². The molecule has 0 radical (unpaired) electrons. The van der Waals surface area contributed by atoms with E-state index in [-0.39, 0.29) is 36.3 Å². The summed E-state index contributed by atoms with van der Waals surface area (Å²) in [6.07, 6.45) is 6.01. The van der Waals surface area contributed by atoms with Crippen LogP contribution in [0.25, 0.3) is 0 Å². The van der Waals surface area contributed by atoms with Gasteiger partial charge in [0.2, 0.25) is 0 Å². The number of ether oxygens (including phenoxy) is 1. The molecule has 0 saturated heterocycles. The first kappa shape index (κ1) is 22.9. The van der Waals surface area contributed by atoms with Gasteiger partial charge in [-0.2, -0.15) is 0 Å². The highest BCUT2D eigenvalue weighted by molar-refractivity contribution is 14.0. The first-order chi connectivity index (χ1) is 10.2. The molecule has 0 atom stereocenters. The van der Waals surface area contributed by atoms with Gasteiger partial charge in [-0.15, -0.1) is 24.0 Å². The Balaban J connectivity index is 0.00000484. The van der Waals surface area contributed by atoms with Gasteiger partial charge >= 0.3 is 0 Å². The molecule has 1 rings (SSSR count). The molecule has 138 valence electrons. The third-order valence-corrected chi connectivity index (χ3v) is 4.95. The maximum atomic E-state index is 11.0. The van der Waals surface area contributed by atoms with Crippen molar-refractivity contribution in [3.05, 3.63) is 0 Å². The lowest BCUT2D eigenvalue weighted by Crippen LogP contribution is -2.46. The number of nitrogens with zero attached hydrogens (tertiary/aromatic N) is 1. The summed E-state index contributed by atoms with van der Waals surface area (Å²) in [6.45, 7) is 5.97. The predicted octanol–water partition coefficient (Wildman–Crippen LogP) is 1.80. The summed E-state index contributed by atoms with van der Waals surface area (Å²) in [6, 6.07) is 0.477. The van der Waals surface area contributed by atoms with Crippen LogP contribution in [0.1, 0.15) is 39.5 Å². The van der Waals surface area contributed by atoms with Crippen molar-refractivity contribution in [3.8, 4) is 0 Å². The topological polar surface area (TPSA) is 79.8 Å². The third kappa shape index (κ3) is 11.1. The zero-order valence-corrected chi connectivity index (χ0v) is 17.9. The van der Waals surface area contributed by atoms with E-state index in [2.05, 4.69) is 29.5 Å². The molecule has 0 unspecified atom stereocenters. The number of halogens is 1. The van der Waals surface area contributed by atoms with Crippen molar-refractivity contribution in [2.45, 2.75) is 45.6 Å². The Bertz CT molecular complexity index is 457. The van der Waals surface area contributed by atoms with Crippen molar-refractivity contribution in [1.82, 2.24) is 10.6 Å². The maximum Gasteiger partial charge on any atom is 0.191 e. The van der Waals surface area contributed by atoms with Gasteiger partial charge < -0.3 is 15.4 Å². The molecule has 23 heavy (non-hydrogen) atoms. The molecular weight excluding hydrogens is 429 g/mol. The smallest absolute Gasteiger partial charge is 0.191 e. The lowest BCUT2D eigenvalue weighted by Gasteiger charge is -2.35. The Morgan fingerprint density at radius 2 is 1.87 bits per heavy atom. The minimum atomic E-state index is -2.94. The fraction of sp³-hybridized carbons (Fsp3) is 0.933. The van der Waals surface area contributed by atoms with Crippen LogP contribution < -0.4 is 10.6 Å². The summed E-state index contributed by atoms with van der Waals surface area (Å²) >= 11 is 0. The average Bonchev–Trinajstić information content (AvgIpc) is 2.42. The van der Waals surface area contributed by atoms with Gasteiger partial charge in [-0.25, -0.2) is 8.42 Å². The van der Waals surface area contributed by atoms with Gasteiger partial charge in [0, 0.05) is 25.9 Å². The number of nitrogens with one attached hydrogen (secondary N) is 2. The van der Waals surface area contributed by atoms with Crippen molar-refractivity contribution in [3.63, 3.8) is 0 Å². The number of hydrogen-bond acceptors (Lipinski definition) is 4. The SMILES string of the molecule is CN=C(NCCOCCS(C)(=O)=O)NC1CCC(C)(C)CC1.I. The number of hydrogen-bond donors (Lipinski definition) is 2. The highest BCUT2D eigenvalue weighted by Gasteiger charge is 2.27. The van der Waals surface area contributed by atoms with E-state index >= 15 is 0 Å². The van der Waals surface area contributed by atoms with Gasteiger partial charge in [0.25, 0.3) is 0 Å². The second-order valence-corrected chi connectivity index (χ2v) is 9.08. The van der Waals surface area contributed by atoms with E-state index in [9.17, 15) is 8.42 Å². The summed E-state index contributed by atoms with van der Waals surface area (Å²) < 4.78 is 27.2. The van der Waals surface area contributed by atoms with Crippen LogP contribution >= 0.6 is 24.0 Å². The summed E-state index contributed by atoms with van der Waals surface area (Å²) in [5.41, 5.74) is 0.461. The van der Waals surface area contributed by atoms with Crippen LogP contribution in [0.5, 0.6) is 0 Å². The minimum absolute atomic E-state index is 0. The molecule has 6 nitrogen and oxygen atoms in total. The van der Waals surface area contributed by atoms with Crippen LogP contribution in [0.3, 0.4) is 0 Å². The van der Waals surface area contributed by atoms with Gasteiger partial charge in [-0.05, 0) is 31.1 Å². The van der Waals surface area contributed by atoms with Gasteiger partial charge in [0.05, 0.1) is 19.0 Å². The molecule has 0 aliphatic heterocycles. The number of guanidine groups is 1. The first-order valence-electron chi connectivity index (χ1n) is 7.94. The predicted molar refractivity (Wildman–Crippen MR) is 106 cm³/mol. The number of rotatable bonds is 7. The largest absolute Gasteiger partial charge is 0.379 e. The molecule has 0 aromatic rings. The molecule has 0 amide bonds. The zero-order chi connectivity index (χ0) is 16.6. The molecule has 1 fully saturated rings. The van der Waals surface area contributed by atoms with E-state index in [1.54, 1.807) is 7.05 Å². The van der Waals surface area contributed by atoms with Crippen LogP contribution in [-0.2, 0) is 14.6 Å². The summed E-state index contributed by atoms with van der Waals surface area (Å²) in [5.74, 6) is 0.856. The molecule has 2 N–H and O–H groups in total. The van der Waals surface area contributed by atoms with Crippen LogP contribution in [0.15, 0.2) is 4.99 Å². The summed E-state index contributed by atoms with van der Waals surface area (Å²) in [7, 11) is -1.19. The standard InChI is InChI=1S/C15H31N3O3S.HI/c1-15(2)7-5-13(6-8-15)18-14(16-3)17-9-10-21-11-12-22(4,19)20;/h13H,5-12H2,1-4H3,(H2,16,17,18);1H. The van der Waals surface area contributed by atoms with E-state index in [0.29, 0.717) is 24.6 Å². The molecule has 1 aliphatic rings. The average molecular weight is 461 g/mol. The van der Waals surface area contributed by atoms with E-state index in [1.165, 1.54) is 31.9 Å². The van der Waals surface area contributed by atoms with Crippen LogP contribution in [0.2, 0.25) is 0 Å². The fourth-order valence-electron chi connectivity index (χ4n) is 2.49. The first-order valence-corrected chi connectivity index (χ1v) is 10.0. The number of aliphatic imine (C=N–C) groups is 1. The van der Waals surface area contributed by atoms with Crippen molar-refractivity contribution in [1.29, 1.82) is 0 Å². The maximum absolute atomic E-state index is 11.0. The normalized spacial score (nSPS) is 19.0. The van der Waals surface area contributed by atoms with Crippen LogP contribution in [0, 0.1) is 5.41 Å². The third-order valence-electron chi connectivity index (χ3n) is 4.04. The molecule has 0 aromatic heterocycles. The molecule has 0 bridgehead atoms. The Labute approximate surface area is 158 Å². The molecule has 1 saturated carbocycles. The second kappa shape index (κ2) is 10.7. The van der Waals surface area contributed by atoms with E-state index in [1.807, 2.05) is 0 Å². The Morgan fingerprint density at radius 3 is 2.39 bits per heavy atom. The van der Waals surface area contributed by atoms with Gasteiger partial charge in [-0.1, -0.05) is 13.8 Å². The van der Waals surface area contributed by atoms with Gasteiger partial charge in [-0.3, -0.25) is 4.99 Å². The Kier molecular flexibility index (Phi) is 10.7. The molecule has 0 aromatic carbocycles. The zero-order valence-electron chi connectivity index (χ0n) is 14.7. The highest BCUT2D eigenvalue weighted by Crippen LogP contribution is 2.34. The minimum Gasteiger partial charge on any atom is -0.379 e. The number of sulfone groups is 1. The van der Waals surface area contributed by atoms with Crippen molar-refractivity contribution < 1.29 is 13.2 Å². The van der Waals surface area contributed by atoms with Gasteiger partial charge in [0.1, 0.15) is 9.84 Å². The van der Waals surface area contributed by atoms with Crippen LogP contribution in [-0.4, -0.2) is 59.2 Å². The fourth-order valence-corrected chi connectivity index (χ4v) is 2.91. The highest BCUT2D eigenvalue weighted by atomic mass is 127. The molecule has 0 heterocycles. The van der Waals surface area contributed by atoms with E-state index < -0.39 is 9.84 Å². The monoisotopic (exact) mass is 461 g/mol. The lowest BCUT2D eigenvalue weighted by molar-refractivity contribution is 0.153. The molecular formula is C15H32IN3O3S. The van der Waals surface area contributed by atoms with E-state index in [4.69, 9.17) is 4.74 Å². The second-order valence-electron chi connectivity index (χ2n) is 6.82. The molecule has 0 spiro atoms. The summed E-state index contributed by atoms with van der Waals surface area (Å²) in [5, 5.41) is 6.65. The molecule has 1 aliphatic carbocycles. The Morgan fingerprint density at radius 1 is 1.26 bits per heavy atom. The van der Waals surface area contributed by atoms with E-state index in [0.717, 1.165) is 5.96 Å². The van der Waals surface area contributed by atoms with Crippen LogP contribution in [0.4, 0.5) is 0 Å². The van der Waals surface area contributed by atoms with Crippen molar-refractivity contribution in [2.24, 2.45) is 10.4 Å². The summed E-state index contributed by atoms with van der Waals surface area (Å²) in [4.78, 5) is 4.22. The lowest BCUT2D eigenvalue weighted by atomic mass is 9.75. The Hall–Kier alpha value is -0.0900. The van der Waals surface area contributed by atoms with Gasteiger partial charge in [0.15, 0.2) is 5.96 Å². The van der Waals surface area contributed by atoms with Crippen molar-refractivity contribution in [2.75, 3.05) is 38.8 Å².